The number of rotatable bonds is 9. The molecule has 0 fully saturated rings. The number of nitrogens with zero attached hydrogens (tertiary/aromatic N) is 2. The SMILES string of the molecule is CC[C@H](C)N(CC(=O)Nc1cccc(C)c1C)C(=O)COc1cccc([N+](=O)[O-])c1. The highest BCUT2D eigenvalue weighted by molar-refractivity contribution is 5.95. The lowest BCUT2D eigenvalue weighted by Gasteiger charge is -2.28. The lowest BCUT2D eigenvalue weighted by Crippen LogP contribution is -2.45. The molecule has 0 aromatic heterocycles. The van der Waals surface area contributed by atoms with Crippen LogP contribution in [-0.2, 0) is 9.59 Å². The number of carbonyl (C=O) groups excluding carboxylic acids is 2. The quantitative estimate of drug-likeness (QED) is 0.497. The summed E-state index contributed by atoms with van der Waals surface area (Å²) in [6, 6.07) is 11.1. The zero-order valence-corrected chi connectivity index (χ0v) is 17.7. The van der Waals surface area contributed by atoms with Gasteiger partial charge in [-0.3, -0.25) is 19.7 Å². The molecule has 0 bridgehead atoms. The van der Waals surface area contributed by atoms with Crippen molar-refractivity contribution >= 4 is 23.2 Å². The highest BCUT2D eigenvalue weighted by atomic mass is 16.6. The maximum atomic E-state index is 12.7. The molecule has 8 heteroatoms. The van der Waals surface area contributed by atoms with Crippen LogP contribution in [0.25, 0.3) is 0 Å². The van der Waals surface area contributed by atoms with Gasteiger partial charge in [0.05, 0.1) is 11.0 Å². The molecule has 2 aromatic carbocycles. The average Bonchev–Trinajstić information content (AvgIpc) is 2.73. The van der Waals surface area contributed by atoms with Crippen molar-refractivity contribution in [2.24, 2.45) is 0 Å². The van der Waals surface area contributed by atoms with E-state index in [1.165, 1.54) is 23.1 Å². The molecule has 1 atom stereocenters. The Hall–Kier alpha value is -3.42. The Morgan fingerprint density at radius 3 is 2.57 bits per heavy atom. The molecule has 0 saturated carbocycles. The second-order valence-corrected chi connectivity index (χ2v) is 7.12. The number of nitro benzene ring substituents is 1. The molecule has 8 nitrogen and oxygen atoms in total. The van der Waals surface area contributed by atoms with Gasteiger partial charge in [0.25, 0.3) is 11.6 Å². The smallest absolute Gasteiger partial charge is 0.273 e. The van der Waals surface area contributed by atoms with Crippen molar-refractivity contribution < 1.29 is 19.2 Å². The van der Waals surface area contributed by atoms with Crippen molar-refractivity contribution in [3.8, 4) is 5.75 Å². The normalized spacial score (nSPS) is 11.5. The average molecular weight is 413 g/mol. The molecule has 0 unspecified atom stereocenters. The summed E-state index contributed by atoms with van der Waals surface area (Å²) in [6.45, 7) is 7.24. The summed E-state index contributed by atoms with van der Waals surface area (Å²) in [4.78, 5) is 37.1. The monoisotopic (exact) mass is 413 g/mol. The zero-order chi connectivity index (χ0) is 22.3. The van der Waals surface area contributed by atoms with E-state index in [-0.39, 0.29) is 42.4 Å². The van der Waals surface area contributed by atoms with Gasteiger partial charge in [0.2, 0.25) is 5.91 Å². The Morgan fingerprint density at radius 1 is 1.20 bits per heavy atom. The number of ether oxygens (including phenoxy) is 1. The molecular formula is C22H27N3O5. The van der Waals surface area contributed by atoms with E-state index in [9.17, 15) is 19.7 Å². The largest absolute Gasteiger partial charge is 0.484 e. The highest BCUT2D eigenvalue weighted by Crippen LogP contribution is 2.20. The number of benzene rings is 2. The van der Waals surface area contributed by atoms with Gasteiger partial charge in [-0.2, -0.15) is 0 Å². The van der Waals surface area contributed by atoms with Crippen LogP contribution in [0.15, 0.2) is 42.5 Å². The number of anilines is 1. The number of nitrogens with one attached hydrogen (secondary N) is 1. The molecule has 160 valence electrons. The van der Waals surface area contributed by atoms with Crippen LogP contribution in [0.4, 0.5) is 11.4 Å². The van der Waals surface area contributed by atoms with Crippen LogP contribution in [0.5, 0.6) is 5.75 Å². The number of carbonyl (C=O) groups is 2. The lowest BCUT2D eigenvalue weighted by molar-refractivity contribution is -0.384. The Morgan fingerprint density at radius 2 is 1.90 bits per heavy atom. The van der Waals surface area contributed by atoms with Crippen LogP contribution in [0, 0.1) is 24.0 Å². The van der Waals surface area contributed by atoms with Gasteiger partial charge < -0.3 is 15.0 Å². The molecule has 2 amide bonds. The van der Waals surface area contributed by atoms with Crippen molar-refractivity contribution in [2.45, 2.75) is 40.2 Å². The third kappa shape index (κ3) is 6.04. The second kappa shape index (κ2) is 10.4. The lowest BCUT2D eigenvalue weighted by atomic mass is 10.1. The Kier molecular flexibility index (Phi) is 7.91. The van der Waals surface area contributed by atoms with E-state index in [1.54, 1.807) is 6.07 Å². The van der Waals surface area contributed by atoms with E-state index >= 15 is 0 Å². The van der Waals surface area contributed by atoms with Crippen LogP contribution < -0.4 is 10.1 Å². The topological polar surface area (TPSA) is 102 Å². The van der Waals surface area contributed by atoms with Gasteiger partial charge in [0.1, 0.15) is 12.3 Å². The van der Waals surface area contributed by atoms with Crippen molar-refractivity contribution in [3.05, 3.63) is 63.7 Å². The minimum absolute atomic E-state index is 0.112. The summed E-state index contributed by atoms with van der Waals surface area (Å²) >= 11 is 0. The van der Waals surface area contributed by atoms with E-state index in [0.29, 0.717) is 12.1 Å². The molecule has 0 saturated heterocycles. The number of aryl methyl sites for hydroxylation is 1. The van der Waals surface area contributed by atoms with Crippen molar-refractivity contribution in [2.75, 3.05) is 18.5 Å². The predicted octanol–water partition coefficient (Wildman–Crippen LogP) is 3.86. The van der Waals surface area contributed by atoms with Gasteiger partial charge in [-0.1, -0.05) is 25.1 Å². The number of hydrogen-bond acceptors (Lipinski definition) is 5. The van der Waals surface area contributed by atoms with Gasteiger partial charge in [0.15, 0.2) is 6.61 Å². The van der Waals surface area contributed by atoms with Gasteiger partial charge >= 0.3 is 0 Å². The van der Waals surface area contributed by atoms with Crippen molar-refractivity contribution in [3.63, 3.8) is 0 Å². The fourth-order valence-corrected chi connectivity index (χ4v) is 2.86. The summed E-state index contributed by atoms with van der Waals surface area (Å²) in [5, 5.41) is 13.7. The molecule has 0 aliphatic carbocycles. The number of hydrogen-bond donors (Lipinski definition) is 1. The molecular weight excluding hydrogens is 386 g/mol. The molecule has 2 rings (SSSR count). The van der Waals surface area contributed by atoms with E-state index < -0.39 is 4.92 Å². The van der Waals surface area contributed by atoms with E-state index in [0.717, 1.165) is 11.1 Å². The summed E-state index contributed by atoms with van der Waals surface area (Å²) in [5.41, 5.74) is 2.63. The molecule has 1 N–H and O–H groups in total. The molecule has 0 aliphatic heterocycles. The fourth-order valence-electron chi connectivity index (χ4n) is 2.86. The summed E-state index contributed by atoms with van der Waals surface area (Å²) < 4.78 is 5.44. The van der Waals surface area contributed by atoms with E-state index in [4.69, 9.17) is 4.74 Å². The van der Waals surface area contributed by atoms with Gasteiger partial charge in [-0.25, -0.2) is 0 Å². The maximum absolute atomic E-state index is 12.7. The first-order valence-corrected chi connectivity index (χ1v) is 9.75. The standard InChI is InChI=1S/C22H27N3O5/c1-5-16(3)24(13-21(26)23-20-11-6-8-15(2)17(20)4)22(27)14-30-19-10-7-9-18(12-19)25(28)29/h6-12,16H,5,13-14H2,1-4H3,(H,23,26)/t16-/m0/s1. The molecule has 0 radical (unpaired) electrons. The minimum Gasteiger partial charge on any atom is -0.484 e. The van der Waals surface area contributed by atoms with Crippen LogP contribution in [0.2, 0.25) is 0 Å². The van der Waals surface area contributed by atoms with Gasteiger partial charge in [-0.05, 0) is 50.5 Å². The number of amides is 2. The molecule has 0 heterocycles. The van der Waals surface area contributed by atoms with Crippen molar-refractivity contribution in [1.29, 1.82) is 0 Å². The molecule has 2 aromatic rings. The predicted molar refractivity (Wildman–Crippen MR) is 115 cm³/mol. The first kappa shape index (κ1) is 22.9. The fraction of sp³-hybridized carbons (Fsp3) is 0.364. The summed E-state index contributed by atoms with van der Waals surface area (Å²) in [5.74, 6) is -0.443. The van der Waals surface area contributed by atoms with Gasteiger partial charge in [-0.15, -0.1) is 0 Å². The summed E-state index contributed by atoms with van der Waals surface area (Å²) in [7, 11) is 0. The summed E-state index contributed by atoms with van der Waals surface area (Å²) in [6.07, 6.45) is 0.666. The molecule has 0 spiro atoms. The maximum Gasteiger partial charge on any atom is 0.273 e. The van der Waals surface area contributed by atoms with E-state index in [2.05, 4.69) is 5.32 Å². The van der Waals surface area contributed by atoms with Crippen LogP contribution in [-0.4, -0.2) is 40.8 Å². The molecule has 0 aliphatic rings. The minimum atomic E-state index is -0.530. The van der Waals surface area contributed by atoms with Crippen LogP contribution in [0.1, 0.15) is 31.4 Å². The Labute approximate surface area is 176 Å². The van der Waals surface area contributed by atoms with Crippen molar-refractivity contribution in [1.82, 2.24) is 4.90 Å². The van der Waals surface area contributed by atoms with Crippen LogP contribution in [0.3, 0.4) is 0 Å². The number of nitro groups is 1. The third-order valence-electron chi connectivity index (χ3n) is 5.03. The Bertz CT molecular complexity index is 929. The Balaban J connectivity index is 2.04. The molecule has 30 heavy (non-hydrogen) atoms. The first-order chi connectivity index (χ1) is 14.2. The number of non-ortho nitro benzene ring substituents is 1. The van der Waals surface area contributed by atoms with Crippen LogP contribution >= 0.6 is 0 Å². The highest BCUT2D eigenvalue weighted by Gasteiger charge is 2.23. The second-order valence-electron chi connectivity index (χ2n) is 7.12. The third-order valence-corrected chi connectivity index (χ3v) is 5.03. The first-order valence-electron chi connectivity index (χ1n) is 9.75. The van der Waals surface area contributed by atoms with Gasteiger partial charge in [0, 0.05) is 17.8 Å². The zero-order valence-electron chi connectivity index (χ0n) is 17.7. The van der Waals surface area contributed by atoms with E-state index in [1.807, 2.05) is 45.9 Å².